The van der Waals surface area contributed by atoms with Gasteiger partial charge in [0.2, 0.25) is 0 Å². The normalized spacial score (nSPS) is 16.4. The van der Waals surface area contributed by atoms with Crippen molar-refractivity contribution in [3.05, 3.63) is 47.6 Å². The second-order valence-corrected chi connectivity index (χ2v) is 6.64. The molecule has 3 heterocycles. The maximum absolute atomic E-state index is 12.8. The van der Waals surface area contributed by atoms with Crippen molar-refractivity contribution in [1.29, 1.82) is 0 Å². The van der Waals surface area contributed by atoms with Crippen LogP contribution in [-0.4, -0.2) is 32.6 Å². The molecule has 0 spiro atoms. The van der Waals surface area contributed by atoms with E-state index in [-0.39, 0.29) is 6.04 Å². The minimum absolute atomic E-state index is 0.221. The van der Waals surface area contributed by atoms with Crippen LogP contribution in [0.3, 0.4) is 0 Å². The van der Waals surface area contributed by atoms with E-state index in [4.69, 9.17) is 11.6 Å². The predicted molar refractivity (Wildman–Crippen MR) is 92.3 cm³/mol. The molecular weight excluding hydrogens is 367 g/mol. The van der Waals surface area contributed by atoms with E-state index < -0.39 is 11.9 Å². The van der Waals surface area contributed by atoms with E-state index in [1.807, 2.05) is 17.0 Å². The predicted octanol–water partition coefficient (Wildman–Crippen LogP) is 4.34. The van der Waals surface area contributed by atoms with Crippen molar-refractivity contribution in [1.82, 2.24) is 19.5 Å². The Labute approximate surface area is 152 Å². The number of piperidine rings is 1. The highest BCUT2D eigenvalue weighted by Crippen LogP contribution is 2.32. The molecule has 0 amide bonds. The van der Waals surface area contributed by atoms with Crippen molar-refractivity contribution in [2.45, 2.75) is 25.1 Å². The number of imidazole rings is 1. The van der Waals surface area contributed by atoms with Gasteiger partial charge >= 0.3 is 6.18 Å². The molecule has 0 unspecified atom stereocenters. The molecule has 0 saturated carbocycles. The van der Waals surface area contributed by atoms with Crippen LogP contribution < -0.4 is 4.90 Å². The fraction of sp³-hybridized carbons (Fsp3) is 0.353. The first kappa shape index (κ1) is 17.1. The number of hydrogen-bond acceptors (Lipinski definition) is 4. The summed E-state index contributed by atoms with van der Waals surface area (Å²) in [5, 5.41) is 0.611. The van der Waals surface area contributed by atoms with Crippen LogP contribution in [0.4, 0.5) is 19.0 Å². The van der Waals surface area contributed by atoms with E-state index in [0.29, 0.717) is 23.9 Å². The van der Waals surface area contributed by atoms with Crippen molar-refractivity contribution in [2.24, 2.45) is 0 Å². The van der Waals surface area contributed by atoms with E-state index >= 15 is 0 Å². The molecule has 5 nitrogen and oxygen atoms in total. The molecule has 1 aliphatic heterocycles. The summed E-state index contributed by atoms with van der Waals surface area (Å²) >= 11 is 6.17. The van der Waals surface area contributed by atoms with E-state index in [0.717, 1.165) is 36.3 Å². The molecule has 1 fully saturated rings. The van der Waals surface area contributed by atoms with Gasteiger partial charge in [0.1, 0.15) is 23.4 Å². The Morgan fingerprint density at radius 3 is 2.58 bits per heavy atom. The third kappa shape index (κ3) is 3.09. The zero-order chi connectivity index (χ0) is 18.3. The van der Waals surface area contributed by atoms with Gasteiger partial charge in [-0.15, -0.1) is 0 Å². The van der Waals surface area contributed by atoms with Gasteiger partial charge < -0.3 is 9.47 Å². The Balaban J connectivity index is 1.52. The summed E-state index contributed by atoms with van der Waals surface area (Å²) in [7, 11) is 0. The quantitative estimate of drug-likeness (QED) is 0.662. The zero-order valence-electron chi connectivity index (χ0n) is 13.6. The Morgan fingerprint density at radius 2 is 1.85 bits per heavy atom. The van der Waals surface area contributed by atoms with Crippen LogP contribution in [-0.2, 0) is 6.18 Å². The van der Waals surface area contributed by atoms with Crippen LogP contribution in [0.1, 0.15) is 24.6 Å². The Bertz CT molecular complexity index is 932. The largest absolute Gasteiger partial charge is 0.433 e. The van der Waals surface area contributed by atoms with Crippen LogP contribution in [0, 0.1) is 0 Å². The monoisotopic (exact) mass is 381 g/mol. The standard InChI is InChI=1S/C17H15ClF3N5/c18-12-2-1-3-13-16(12)24-10-26(13)11-4-6-25(7-5-11)15-8-14(17(19,20)21)22-9-23-15/h1-3,8-11H,4-7H2. The number of alkyl halides is 3. The molecular formula is C17H15ClF3N5. The third-order valence-electron chi connectivity index (χ3n) is 4.68. The first-order valence-electron chi connectivity index (χ1n) is 8.19. The number of nitrogens with zero attached hydrogens (tertiary/aromatic N) is 5. The molecule has 2 aromatic heterocycles. The lowest BCUT2D eigenvalue weighted by molar-refractivity contribution is -0.141. The zero-order valence-corrected chi connectivity index (χ0v) is 14.4. The van der Waals surface area contributed by atoms with Gasteiger partial charge in [0, 0.05) is 25.2 Å². The summed E-state index contributed by atoms with van der Waals surface area (Å²) in [6, 6.07) is 6.89. The average molecular weight is 382 g/mol. The molecule has 136 valence electrons. The molecule has 0 atom stereocenters. The van der Waals surface area contributed by atoms with Gasteiger partial charge in [-0.25, -0.2) is 15.0 Å². The van der Waals surface area contributed by atoms with Crippen LogP contribution in [0.15, 0.2) is 36.9 Å². The molecule has 0 N–H and O–H groups in total. The van der Waals surface area contributed by atoms with Crippen molar-refractivity contribution in [3.63, 3.8) is 0 Å². The van der Waals surface area contributed by atoms with E-state index in [2.05, 4.69) is 19.5 Å². The molecule has 4 rings (SSSR count). The number of rotatable bonds is 2. The SMILES string of the molecule is FC(F)(F)c1cc(N2CCC(n3cnc4c(Cl)cccc43)CC2)ncn1. The number of aromatic nitrogens is 4. The Hall–Kier alpha value is -2.35. The van der Waals surface area contributed by atoms with Crippen LogP contribution in [0.2, 0.25) is 5.02 Å². The van der Waals surface area contributed by atoms with Gasteiger partial charge in [-0.1, -0.05) is 17.7 Å². The van der Waals surface area contributed by atoms with Gasteiger partial charge in [0.15, 0.2) is 0 Å². The summed E-state index contributed by atoms with van der Waals surface area (Å²) in [6.07, 6.45) is -0.156. The van der Waals surface area contributed by atoms with Gasteiger partial charge in [-0.05, 0) is 25.0 Å². The average Bonchev–Trinajstić information content (AvgIpc) is 3.07. The topological polar surface area (TPSA) is 46.8 Å². The van der Waals surface area contributed by atoms with Crippen molar-refractivity contribution >= 4 is 28.5 Å². The van der Waals surface area contributed by atoms with Gasteiger partial charge in [0.05, 0.1) is 16.9 Å². The number of fused-ring (bicyclic) bond motifs is 1. The molecule has 1 aromatic carbocycles. The lowest BCUT2D eigenvalue weighted by Gasteiger charge is -2.33. The smallest absolute Gasteiger partial charge is 0.356 e. The summed E-state index contributed by atoms with van der Waals surface area (Å²) < 4.78 is 40.6. The van der Waals surface area contributed by atoms with Gasteiger partial charge in [-0.3, -0.25) is 0 Å². The first-order valence-corrected chi connectivity index (χ1v) is 8.56. The maximum Gasteiger partial charge on any atom is 0.433 e. The van der Waals surface area contributed by atoms with Crippen molar-refractivity contribution < 1.29 is 13.2 Å². The number of benzene rings is 1. The highest BCUT2D eigenvalue weighted by Gasteiger charge is 2.33. The minimum atomic E-state index is -4.47. The molecule has 1 aliphatic rings. The molecule has 3 aromatic rings. The lowest BCUT2D eigenvalue weighted by Crippen LogP contribution is -2.35. The summed E-state index contributed by atoms with van der Waals surface area (Å²) in [5.74, 6) is 0.310. The number of para-hydroxylation sites is 1. The van der Waals surface area contributed by atoms with Crippen LogP contribution in [0.25, 0.3) is 11.0 Å². The molecule has 9 heteroatoms. The maximum atomic E-state index is 12.8. The number of hydrogen-bond donors (Lipinski definition) is 0. The second-order valence-electron chi connectivity index (χ2n) is 6.24. The second kappa shape index (κ2) is 6.42. The molecule has 1 saturated heterocycles. The summed E-state index contributed by atoms with van der Waals surface area (Å²) in [4.78, 5) is 13.6. The van der Waals surface area contributed by atoms with Crippen LogP contribution >= 0.6 is 11.6 Å². The Morgan fingerprint density at radius 1 is 1.08 bits per heavy atom. The summed E-state index contributed by atoms with van der Waals surface area (Å²) in [5.41, 5.74) is 0.819. The lowest BCUT2D eigenvalue weighted by atomic mass is 10.0. The molecule has 26 heavy (non-hydrogen) atoms. The van der Waals surface area contributed by atoms with Gasteiger partial charge in [0.25, 0.3) is 0 Å². The molecule has 0 radical (unpaired) electrons. The van der Waals surface area contributed by atoms with E-state index in [1.54, 1.807) is 12.4 Å². The first-order chi connectivity index (χ1) is 12.4. The minimum Gasteiger partial charge on any atom is -0.356 e. The fourth-order valence-corrected chi connectivity index (χ4v) is 3.58. The highest BCUT2D eigenvalue weighted by atomic mass is 35.5. The Kier molecular flexibility index (Phi) is 4.22. The van der Waals surface area contributed by atoms with Crippen LogP contribution in [0.5, 0.6) is 0 Å². The number of halogens is 4. The van der Waals surface area contributed by atoms with Crippen molar-refractivity contribution in [2.75, 3.05) is 18.0 Å². The molecule has 0 aliphatic carbocycles. The number of anilines is 1. The fourth-order valence-electron chi connectivity index (χ4n) is 3.36. The van der Waals surface area contributed by atoms with Gasteiger partial charge in [-0.2, -0.15) is 13.2 Å². The highest BCUT2D eigenvalue weighted by molar-refractivity contribution is 6.34. The van der Waals surface area contributed by atoms with E-state index in [1.165, 1.54) is 0 Å². The summed E-state index contributed by atoms with van der Waals surface area (Å²) in [6.45, 7) is 1.22. The van der Waals surface area contributed by atoms with Crippen molar-refractivity contribution in [3.8, 4) is 0 Å². The third-order valence-corrected chi connectivity index (χ3v) is 4.98. The molecule has 0 bridgehead atoms. The van der Waals surface area contributed by atoms with E-state index in [9.17, 15) is 13.2 Å².